The summed E-state index contributed by atoms with van der Waals surface area (Å²) in [5.74, 6) is 1.09. The fourth-order valence-electron chi connectivity index (χ4n) is 3.01. The second kappa shape index (κ2) is 7.23. The number of hydrogen-bond acceptors (Lipinski definition) is 4. The second-order valence-corrected chi connectivity index (χ2v) is 6.68. The van der Waals surface area contributed by atoms with Crippen molar-refractivity contribution in [1.82, 2.24) is 4.98 Å². The summed E-state index contributed by atoms with van der Waals surface area (Å²) in [4.78, 5) is 19.2. The number of benzene rings is 1. The summed E-state index contributed by atoms with van der Waals surface area (Å²) in [6.45, 7) is 2.06. The Bertz CT molecular complexity index is 725. The van der Waals surface area contributed by atoms with E-state index >= 15 is 0 Å². The zero-order chi connectivity index (χ0) is 17.1. The lowest BCUT2D eigenvalue weighted by Crippen LogP contribution is -2.33. The van der Waals surface area contributed by atoms with Gasteiger partial charge in [-0.25, -0.2) is 4.98 Å². The number of ether oxygens (including phenoxy) is 2. The van der Waals surface area contributed by atoms with Crippen molar-refractivity contribution >= 4 is 11.6 Å². The molecule has 130 valence electrons. The Morgan fingerprint density at radius 1 is 1.20 bits per heavy atom. The van der Waals surface area contributed by atoms with Gasteiger partial charge in [0.25, 0.3) is 5.91 Å². The maximum atomic E-state index is 13.1. The monoisotopic (exact) mass is 338 g/mol. The van der Waals surface area contributed by atoms with Crippen molar-refractivity contribution in [3.63, 3.8) is 0 Å². The maximum absolute atomic E-state index is 13.1. The van der Waals surface area contributed by atoms with Crippen LogP contribution in [-0.4, -0.2) is 36.8 Å². The minimum absolute atomic E-state index is 0.00646. The van der Waals surface area contributed by atoms with Crippen molar-refractivity contribution in [1.29, 1.82) is 0 Å². The highest BCUT2D eigenvalue weighted by Crippen LogP contribution is 2.32. The molecule has 5 heteroatoms. The minimum atomic E-state index is -0.00646. The molecule has 1 saturated heterocycles. The van der Waals surface area contributed by atoms with Crippen LogP contribution < -0.4 is 9.64 Å². The second-order valence-electron chi connectivity index (χ2n) is 6.68. The molecule has 1 saturated carbocycles. The molecule has 1 amide bonds. The van der Waals surface area contributed by atoms with Gasteiger partial charge in [-0.2, -0.15) is 0 Å². The van der Waals surface area contributed by atoms with E-state index in [1.807, 2.05) is 35.2 Å². The first kappa shape index (κ1) is 16.1. The molecule has 1 atom stereocenters. The molecule has 1 unspecified atom stereocenters. The fraction of sp³-hybridized carbons (Fsp3) is 0.400. The van der Waals surface area contributed by atoms with E-state index in [2.05, 4.69) is 4.98 Å². The predicted octanol–water partition coefficient (Wildman–Crippen LogP) is 3.31. The number of carbonyl (C=O) groups is 1. The van der Waals surface area contributed by atoms with Gasteiger partial charge in [-0.3, -0.25) is 4.79 Å². The molecule has 4 rings (SSSR count). The Kier molecular flexibility index (Phi) is 4.65. The molecule has 0 N–H and O–H groups in total. The summed E-state index contributed by atoms with van der Waals surface area (Å²) in [7, 11) is 0. The van der Waals surface area contributed by atoms with Crippen LogP contribution in [0.25, 0.3) is 0 Å². The first-order valence-corrected chi connectivity index (χ1v) is 8.87. The molecule has 0 spiro atoms. The molecule has 5 nitrogen and oxygen atoms in total. The molecule has 2 heterocycles. The van der Waals surface area contributed by atoms with E-state index in [-0.39, 0.29) is 12.0 Å². The van der Waals surface area contributed by atoms with E-state index in [4.69, 9.17) is 9.47 Å². The molecule has 2 fully saturated rings. The molecule has 25 heavy (non-hydrogen) atoms. The van der Waals surface area contributed by atoms with Crippen LogP contribution in [0.5, 0.6) is 5.88 Å². The Balaban J connectivity index is 1.54. The van der Waals surface area contributed by atoms with Crippen molar-refractivity contribution < 1.29 is 14.3 Å². The number of hydrogen-bond donors (Lipinski definition) is 0. The molecule has 1 aliphatic carbocycles. The van der Waals surface area contributed by atoms with Crippen molar-refractivity contribution in [2.75, 3.05) is 24.7 Å². The summed E-state index contributed by atoms with van der Waals surface area (Å²) in [5, 5.41) is 0. The van der Waals surface area contributed by atoms with Gasteiger partial charge in [0.2, 0.25) is 5.88 Å². The third-order valence-electron chi connectivity index (χ3n) is 4.61. The number of nitrogens with zero attached hydrogens (tertiary/aromatic N) is 2. The number of anilines is 1. The average Bonchev–Trinajstić information content (AvgIpc) is 3.34. The number of carbonyl (C=O) groups excluding carboxylic acids is 1. The van der Waals surface area contributed by atoms with Gasteiger partial charge in [0, 0.05) is 36.5 Å². The van der Waals surface area contributed by atoms with Crippen LogP contribution in [-0.2, 0) is 4.74 Å². The lowest BCUT2D eigenvalue weighted by atomic mass is 10.2. The maximum Gasteiger partial charge on any atom is 0.258 e. The average molecular weight is 338 g/mol. The Morgan fingerprint density at radius 3 is 2.76 bits per heavy atom. The Hall–Kier alpha value is -2.40. The van der Waals surface area contributed by atoms with Gasteiger partial charge >= 0.3 is 0 Å². The van der Waals surface area contributed by atoms with Gasteiger partial charge in [0.1, 0.15) is 6.10 Å². The van der Waals surface area contributed by atoms with Gasteiger partial charge in [-0.15, -0.1) is 0 Å². The zero-order valence-corrected chi connectivity index (χ0v) is 14.1. The van der Waals surface area contributed by atoms with Gasteiger partial charge < -0.3 is 14.4 Å². The molecule has 1 aromatic carbocycles. The van der Waals surface area contributed by atoms with Crippen molar-refractivity contribution in [2.45, 2.75) is 25.4 Å². The lowest BCUT2D eigenvalue weighted by Gasteiger charge is -2.23. The molecule has 1 aliphatic heterocycles. The topological polar surface area (TPSA) is 51.7 Å². The smallest absolute Gasteiger partial charge is 0.258 e. The van der Waals surface area contributed by atoms with Crippen LogP contribution >= 0.6 is 0 Å². The van der Waals surface area contributed by atoms with E-state index in [0.717, 1.165) is 18.7 Å². The fourth-order valence-corrected chi connectivity index (χ4v) is 3.01. The van der Waals surface area contributed by atoms with Gasteiger partial charge in [0.05, 0.1) is 13.2 Å². The zero-order valence-electron chi connectivity index (χ0n) is 14.1. The summed E-state index contributed by atoms with van der Waals surface area (Å²) >= 11 is 0. The van der Waals surface area contributed by atoms with E-state index < -0.39 is 0 Å². The first-order valence-electron chi connectivity index (χ1n) is 8.87. The number of rotatable bonds is 6. The molecule has 2 aliphatic rings. The highest BCUT2D eigenvalue weighted by Gasteiger charge is 2.28. The highest BCUT2D eigenvalue weighted by atomic mass is 16.5. The van der Waals surface area contributed by atoms with Crippen LogP contribution in [0.2, 0.25) is 0 Å². The first-order chi connectivity index (χ1) is 12.3. The molecule has 2 aromatic rings. The van der Waals surface area contributed by atoms with E-state index in [1.165, 1.54) is 12.8 Å². The lowest BCUT2D eigenvalue weighted by molar-refractivity contribution is 0.0984. The van der Waals surface area contributed by atoms with Crippen LogP contribution in [0, 0.1) is 5.92 Å². The van der Waals surface area contributed by atoms with Crippen molar-refractivity contribution in [2.24, 2.45) is 5.92 Å². The van der Waals surface area contributed by atoms with Gasteiger partial charge in [-0.05, 0) is 37.0 Å². The summed E-state index contributed by atoms with van der Waals surface area (Å²) in [6.07, 6.45) is 4.91. The quantitative estimate of drug-likeness (QED) is 0.811. The van der Waals surface area contributed by atoms with Crippen LogP contribution in [0.15, 0.2) is 48.7 Å². The van der Waals surface area contributed by atoms with Crippen LogP contribution in [0.1, 0.15) is 29.6 Å². The Labute approximate surface area is 147 Å². The predicted molar refractivity (Wildman–Crippen MR) is 94.9 cm³/mol. The third kappa shape index (κ3) is 3.99. The highest BCUT2D eigenvalue weighted by molar-refractivity contribution is 6.06. The normalized spacial score (nSPS) is 19.6. The third-order valence-corrected chi connectivity index (χ3v) is 4.61. The number of aromatic nitrogens is 1. The SMILES string of the molecule is O=C(c1ccnc(OC2CCOC2)c1)N(CC1CC1)c1ccccc1. The van der Waals surface area contributed by atoms with Crippen LogP contribution in [0.4, 0.5) is 5.69 Å². The number of pyridine rings is 1. The van der Waals surface area contributed by atoms with E-state index in [1.54, 1.807) is 18.3 Å². The number of para-hydroxylation sites is 1. The van der Waals surface area contributed by atoms with Crippen molar-refractivity contribution in [3.05, 3.63) is 54.2 Å². The Morgan fingerprint density at radius 2 is 2.04 bits per heavy atom. The summed E-state index contributed by atoms with van der Waals surface area (Å²) < 4.78 is 11.2. The molecule has 0 radical (unpaired) electrons. The molecular weight excluding hydrogens is 316 g/mol. The standard InChI is InChI=1S/C20H22N2O3/c23-20(22(13-15-6-7-15)17-4-2-1-3-5-17)16-8-10-21-19(12-16)25-18-9-11-24-14-18/h1-5,8,10,12,15,18H,6-7,9,11,13-14H2. The van der Waals surface area contributed by atoms with Crippen molar-refractivity contribution in [3.8, 4) is 5.88 Å². The van der Waals surface area contributed by atoms with Gasteiger partial charge in [-0.1, -0.05) is 18.2 Å². The van der Waals surface area contributed by atoms with E-state index in [0.29, 0.717) is 30.6 Å². The molecule has 1 aromatic heterocycles. The van der Waals surface area contributed by atoms with E-state index in [9.17, 15) is 4.79 Å². The van der Waals surface area contributed by atoms with Crippen LogP contribution in [0.3, 0.4) is 0 Å². The minimum Gasteiger partial charge on any atom is -0.472 e. The number of amides is 1. The van der Waals surface area contributed by atoms with Gasteiger partial charge in [0.15, 0.2) is 0 Å². The molecular formula is C20H22N2O3. The molecule has 0 bridgehead atoms. The summed E-state index contributed by atoms with van der Waals surface area (Å²) in [6, 6.07) is 13.3. The summed E-state index contributed by atoms with van der Waals surface area (Å²) in [5.41, 5.74) is 1.54. The largest absolute Gasteiger partial charge is 0.472 e.